The van der Waals surface area contributed by atoms with Crippen LogP contribution >= 0.6 is 0 Å². The van der Waals surface area contributed by atoms with E-state index < -0.39 is 0 Å². The quantitative estimate of drug-likeness (QED) is 0.0933. The molecule has 5 aromatic heterocycles. The molecule has 4 N–H and O–H groups in total. The van der Waals surface area contributed by atoms with E-state index in [1.807, 2.05) is 18.6 Å². The van der Waals surface area contributed by atoms with Crippen molar-refractivity contribution in [2.45, 2.75) is 126 Å². The molecular formula is C48H68N12O6. The number of hydrogen-bond acceptors (Lipinski definition) is 15. The Bertz CT molecular complexity index is 2400. The van der Waals surface area contributed by atoms with Gasteiger partial charge in [0.15, 0.2) is 0 Å². The predicted molar refractivity (Wildman–Crippen MR) is 252 cm³/mol. The third-order valence-electron chi connectivity index (χ3n) is 14.2. The summed E-state index contributed by atoms with van der Waals surface area (Å²) in [6, 6.07) is 8.99. The number of ether oxygens (including phenoxy) is 4. The Kier molecular flexibility index (Phi) is 14.5. The van der Waals surface area contributed by atoms with Crippen LogP contribution in [0.15, 0.2) is 42.9 Å². The van der Waals surface area contributed by atoms with Crippen molar-refractivity contribution < 1.29 is 28.8 Å². The van der Waals surface area contributed by atoms with E-state index in [0.29, 0.717) is 69.0 Å². The molecule has 1 amide bonds. The van der Waals surface area contributed by atoms with Gasteiger partial charge in [0.2, 0.25) is 11.9 Å². The van der Waals surface area contributed by atoms with Crippen LogP contribution in [0.1, 0.15) is 113 Å². The smallest absolute Gasteiger partial charge is 0.409 e. The van der Waals surface area contributed by atoms with Gasteiger partial charge in [-0.25, -0.2) is 28.8 Å². The Labute approximate surface area is 387 Å². The average molecular weight is 909 g/mol. The fourth-order valence-corrected chi connectivity index (χ4v) is 10.7. The SMILES string of the molecule is COC[C@H](C)Nc1ncc2c([C@@H]3CCC(O[C@H]4CC[C@H](c5cc(-c6ccnc(N7CCN(C(=O)OC)CC7)c6)c6cnc(N[C@@H](C)COC)nn65)CC4)NC3)cc(C3CCC(O)CC3)n2n1. The minimum Gasteiger partial charge on any atom is -0.453 e. The van der Waals surface area contributed by atoms with Crippen LogP contribution in [0.2, 0.25) is 0 Å². The van der Waals surface area contributed by atoms with Gasteiger partial charge in [0.1, 0.15) is 12.0 Å². The van der Waals surface area contributed by atoms with E-state index >= 15 is 0 Å². The van der Waals surface area contributed by atoms with Gasteiger partial charge in [0.25, 0.3) is 0 Å². The molecule has 2 aliphatic heterocycles. The van der Waals surface area contributed by atoms with Crippen molar-refractivity contribution in [3.63, 3.8) is 0 Å². The molecule has 0 radical (unpaired) electrons. The van der Waals surface area contributed by atoms with Gasteiger partial charge >= 0.3 is 6.09 Å². The van der Waals surface area contributed by atoms with Gasteiger partial charge in [-0.1, -0.05) is 0 Å². The van der Waals surface area contributed by atoms with Crippen LogP contribution in [0.25, 0.3) is 22.2 Å². The summed E-state index contributed by atoms with van der Waals surface area (Å²) in [4.78, 5) is 30.3. The molecule has 2 saturated heterocycles. The second-order valence-corrected chi connectivity index (χ2v) is 18.9. The van der Waals surface area contributed by atoms with Gasteiger partial charge in [0.05, 0.1) is 56.0 Å². The van der Waals surface area contributed by atoms with Crippen molar-refractivity contribution in [1.82, 2.24) is 44.4 Å². The highest BCUT2D eigenvalue weighted by Gasteiger charge is 2.33. The van der Waals surface area contributed by atoms with Gasteiger partial charge in [-0.15, -0.1) is 10.2 Å². The molecule has 4 aliphatic rings. The number of nitrogens with zero attached hydrogens (tertiary/aromatic N) is 9. The molecule has 4 atom stereocenters. The van der Waals surface area contributed by atoms with Gasteiger partial charge in [-0.2, -0.15) is 0 Å². The molecule has 0 aromatic carbocycles. The van der Waals surface area contributed by atoms with Crippen LogP contribution in [0, 0.1) is 0 Å². The molecule has 7 heterocycles. The third-order valence-corrected chi connectivity index (χ3v) is 14.2. The normalized spacial score (nSPS) is 24.9. The van der Waals surface area contributed by atoms with Crippen molar-refractivity contribution in [3.05, 3.63) is 59.8 Å². The first-order chi connectivity index (χ1) is 32.2. The molecule has 2 aliphatic carbocycles. The number of aliphatic hydroxyl groups is 1. The van der Waals surface area contributed by atoms with E-state index in [9.17, 15) is 9.90 Å². The number of piperidine rings is 1. The zero-order chi connectivity index (χ0) is 45.7. The summed E-state index contributed by atoms with van der Waals surface area (Å²) in [5.41, 5.74) is 7.80. The van der Waals surface area contributed by atoms with E-state index in [0.717, 1.165) is 98.7 Å². The van der Waals surface area contributed by atoms with Crippen LogP contribution in [-0.2, 0) is 18.9 Å². The van der Waals surface area contributed by atoms with Gasteiger partial charge in [0, 0.05) is 94.0 Å². The van der Waals surface area contributed by atoms with Crippen molar-refractivity contribution in [2.24, 2.45) is 0 Å². The first kappa shape index (κ1) is 46.0. The predicted octanol–water partition coefficient (Wildman–Crippen LogP) is 6.17. The summed E-state index contributed by atoms with van der Waals surface area (Å²) in [6.07, 6.45) is 14.8. The summed E-state index contributed by atoms with van der Waals surface area (Å²) in [5, 5.41) is 31.0. The van der Waals surface area contributed by atoms with Crippen LogP contribution in [0.4, 0.5) is 22.5 Å². The van der Waals surface area contributed by atoms with Crippen molar-refractivity contribution in [1.29, 1.82) is 0 Å². The Morgan fingerprint density at radius 2 is 1.36 bits per heavy atom. The first-order valence-corrected chi connectivity index (χ1v) is 24.1. The van der Waals surface area contributed by atoms with Crippen molar-refractivity contribution in [2.75, 3.05) is 82.8 Å². The zero-order valence-corrected chi connectivity index (χ0v) is 39.2. The summed E-state index contributed by atoms with van der Waals surface area (Å²) in [7, 11) is 4.82. The molecule has 9 rings (SSSR count). The number of pyridine rings is 1. The molecule has 18 nitrogen and oxygen atoms in total. The molecule has 1 unspecified atom stereocenters. The van der Waals surface area contributed by atoms with Crippen LogP contribution < -0.4 is 20.9 Å². The number of methoxy groups -OCH3 is 3. The molecule has 356 valence electrons. The molecule has 4 fully saturated rings. The summed E-state index contributed by atoms with van der Waals surface area (Å²) < 4.78 is 26.7. The number of carbonyl (C=O) groups is 1. The number of fused-ring (bicyclic) bond motifs is 2. The second kappa shape index (κ2) is 20.8. The number of amides is 1. The number of rotatable bonds is 15. The number of aliphatic hydroxyl groups excluding tert-OH is 1. The Morgan fingerprint density at radius 3 is 1.98 bits per heavy atom. The minimum atomic E-state index is -0.295. The van der Waals surface area contributed by atoms with Crippen molar-refractivity contribution >= 4 is 34.8 Å². The number of aromatic nitrogens is 7. The fraction of sp³-hybridized carbons (Fsp3) is 0.625. The Hall–Kier alpha value is -5.14. The number of nitrogens with one attached hydrogen (secondary N) is 3. The minimum absolute atomic E-state index is 0.00540. The molecule has 5 aromatic rings. The van der Waals surface area contributed by atoms with Crippen LogP contribution in [0.3, 0.4) is 0 Å². The maximum atomic E-state index is 12.1. The third kappa shape index (κ3) is 10.2. The van der Waals surface area contributed by atoms with Gasteiger partial charge in [-0.05, 0) is 119 Å². The van der Waals surface area contributed by atoms with Gasteiger partial charge < -0.3 is 44.5 Å². The Morgan fingerprint density at radius 1 is 0.758 bits per heavy atom. The molecule has 66 heavy (non-hydrogen) atoms. The van der Waals surface area contributed by atoms with E-state index in [1.54, 1.807) is 19.1 Å². The van der Waals surface area contributed by atoms with E-state index in [4.69, 9.17) is 44.1 Å². The maximum absolute atomic E-state index is 12.1. The van der Waals surface area contributed by atoms with Crippen LogP contribution in [-0.4, -0.2) is 148 Å². The summed E-state index contributed by atoms with van der Waals surface area (Å²) >= 11 is 0. The average Bonchev–Trinajstić information content (AvgIpc) is 3.91. The second-order valence-electron chi connectivity index (χ2n) is 18.9. The van der Waals surface area contributed by atoms with Crippen molar-refractivity contribution in [3.8, 4) is 11.1 Å². The summed E-state index contributed by atoms with van der Waals surface area (Å²) in [5.74, 6) is 3.00. The van der Waals surface area contributed by atoms with E-state index in [2.05, 4.69) is 68.0 Å². The van der Waals surface area contributed by atoms with Gasteiger partial charge in [-0.3, -0.25) is 5.32 Å². The highest BCUT2D eigenvalue weighted by Crippen LogP contribution is 2.41. The lowest BCUT2D eigenvalue weighted by atomic mass is 9.84. The standard InChI is InChI=1S/C48H68N12O6/c1-30(28-63-3)53-46-51-26-42-38(34-16-17-49-44(22-34)57-18-20-58(21-19-57)48(62)65-5)23-40(59(42)55-46)33-8-13-37(14-9-33)66-45-15-10-35(25-50-45)39-24-41(32-6-11-36(61)12-7-32)60-43(39)27-52-47(56-60)54-31(2)29-64-4/h16-17,22-24,26-27,30-33,35-37,45,50,61H,6-15,18-21,25,28-29H2,1-5H3,(H,53,55)(H,54,56)/t30-,31-,32?,33-,35+,36?,37-,45?/m0/s1. The van der Waals surface area contributed by atoms with Crippen LogP contribution in [0.5, 0.6) is 0 Å². The highest BCUT2D eigenvalue weighted by atomic mass is 16.5. The number of hydrogen-bond donors (Lipinski definition) is 4. The lowest BCUT2D eigenvalue weighted by Crippen LogP contribution is -2.49. The highest BCUT2D eigenvalue weighted by molar-refractivity contribution is 5.82. The Balaban J connectivity index is 0.867. The molecular weight excluding hydrogens is 841 g/mol. The first-order valence-electron chi connectivity index (χ1n) is 24.1. The summed E-state index contributed by atoms with van der Waals surface area (Å²) in [6.45, 7) is 8.57. The zero-order valence-electron chi connectivity index (χ0n) is 39.2. The molecule has 18 heteroatoms. The number of anilines is 3. The fourth-order valence-electron chi connectivity index (χ4n) is 10.7. The monoisotopic (exact) mass is 909 g/mol. The number of piperazine rings is 1. The number of carbonyl (C=O) groups excluding carboxylic acids is 1. The molecule has 0 bridgehead atoms. The largest absolute Gasteiger partial charge is 0.453 e. The molecule has 0 spiro atoms. The lowest BCUT2D eigenvalue weighted by molar-refractivity contribution is -0.0609. The maximum Gasteiger partial charge on any atom is 0.409 e. The van der Waals surface area contributed by atoms with E-state index in [-0.39, 0.29) is 36.6 Å². The lowest BCUT2D eigenvalue weighted by Gasteiger charge is -2.35. The molecule has 2 saturated carbocycles. The van der Waals surface area contributed by atoms with E-state index in [1.165, 1.54) is 24.1 Å². The topological polar surface area (TPSA) is 190 Å².